The standard InChI is InChI=1S/C24H28ClN5OP.2CH4/c1-31-21-15-17(30-13-7-4-8-14-30)11-12-19(21)28-24-26-16-18(25)23(29-24)27-20-9-5-6-10-22(20)32(2)3;;/h5-6,9-12,15-16H,2,4,7-8,13-14H2,1,3H3,(H2,26,27,28,29);2*1H4/q+1;;. The Morgan fingerprint density at radius 2 is 1.76 bits per heavy atom. The van der Waals surface area contributed by atoms with Crippen LogP contribution in [0.4, 0.5) is 28.8 Å². The first-order valence-electron chi connectivity index (χ1n) is 10.7. The molecular formula is C26H36ClN5OP+. The first-order chi connectivity index (χ1) is 15.5. The van der Waals surface area contributed by atoms with Gasteiger partial charge < -0.3 is 20.3 Å². The van der Waals surface area contributed by atoms with Gasteiger partial charge in [-0.3, -0.25) is 0 Å². The molecule has 3 aromatic rings. The first-order valence-corrected chi connectivity index (χ1v) is 13.0. The number of nitrogens with zero attached hydrogens (tertiary/aromatic N) is 3. The van der Waals surface area contributed by atoms with Crippen LogP contribution in [0.1, 0.15) is 34.1 Å². The van der Waals surface area contributed by atoms with Crippen LogP contribution in [0.2, 0.25) is 5.02 Å². The summed E-state index contributed by atoms with van der Waals surface area (Å²) >= 11 is 6.39. The van der Waals surface area contributed by atoms with Gasteiger partial charge in [0.15, 0.2) is 11.1 Å². The molecule has 182 valence electrons. The number of para-hydroxylation sites is 1. The number of hydrogen-bond donors (Lipinski definition) is 2. The van der Waals surface area contributed by atoms with Crippen molar-refractivity contribution in [3.63, 3.8) is 0 Å². The molecule has 0 aliphatic carbocycles. The summed E-state index contributed by atoms with van der Waals surface area (Å²) in [5, 5.41) is 8.22. The van der Waals surface area contributed by atoms with E-state index in [9.17, 15) is 0 Å². The molecule has 8 heteroatoms. The van der Waals surface area contributed by atoms with Crippen LogP contribution in [0.3, 0.4) is 0 Å². The maximum absolute atomic E-state index is 6.39. The van der Waals surface area contributed by atoms with Crippen LogP contribution >= 0.6 is 19.1 Å². The van der Waals surface area contributed by atoms with Crippen molar-refractivity contribution in [3.8, 4) is 5.75 Å². The van der Waals surface area contributed by atoms with Crippen molar-refractivity contribution in [1.29, 1.82) is 0 Å². The maximum Gasteiger partial charge on any atom is 0.229 e. The second kappa shape index (κ2) is 12.6. The topological polar surface area (TPSA) is 62.3 Å². The largest absolute Gasteiger partial charge is 0.494 e. The van der Waals surface area contributed by atoms with Crippen molar-refractivity contribution < 1.29 is 4.74 Å². The van der Waals surface area contributed by atoms with Gasteiger partial charge in [-0.25, -0.2) is 4.98 Å². The van der Waals surface area contributed by atoms with Crippen LogP contribution < -0.4 is 25.6 Å². The van der Waals surface area contributed by atoms with E-state index in [0.717, 1.165) is 35.5 Å². The van der Waals surface area contributed by atoms with E-state index in [1.807, 2.05) is 24.3 Å². The molecule has 1 aliphatic rings. The molecule has 0 bridgehead atoms. The van der Waals surface area contributed by atoms with E-state index in [2.05, 4.69) is 56.7 Å². The minimum atomic E-state index is -0.520. The molecule has 4 rings (SSSR count). The van der Waals surface area contributed by atoms with Crippen LogP contribution in [0.25, 0.3) is 0 Å². The summed E-state index contributed by atoms with van der Waals surface area (Å²) in [4.78, 5) is 11.4. The van der Waals surface area contributed by atoms with Gasteiger partial charge in [-0.05, 0) is 43.5 Å². The Hall–Kier alpha value is -2.82. The van der Waals surface area contributed by atoms with Crippen molar-refractivity contribution >= 4 is 59.6 Å². The third-order valence-electron chi connectivity index (χ3n) is 5.47. The summed E-state index contributed by atoms with van der Waals surface area (Å²) in [6, 6.07) is 14.3. The highest BCUT2D eigenvalue weighted by Gasteiger charge is 2.16. The lowest BCUT2D eigenvalue weighted by atomic mass is 10.1. The molecule has 1 saturated heterocycles. The quantitative estimate of drug-likeness (QED) is 0.339. The zero-order valence-electron chi connectivity index (χ0n) is 18.4. The summed E-state index contributed by atoms with van der Waals surface area (Å²) in [6.07, 6.45) is 9.55. The molecule has 6 nitrogen and oxygen atoms in total. The number of piperidine rings is 1. The highest BCUT2D eigenvalue weighted by atomic mass is 35.5. The Balaban J connectivity index is 0.00000204. The summed E-state index contributed by atoms with van der Waals surface area (Å²) in [5.41, 5.74) is 2.93. The third-order valence-corrected chi connectivity index (χ3v) is 6.95. The normalized spacial score (nSPS) is 13.3. The van der Waals surface area contributed by atoms with E-state index in [4.69, 9.17) is 16.3 Å². The number of aromatic nitrogens is 2. The van der Waals surface area contributed by atoms with E-state index < -0.39 is 7.55 Å². The molecule has 1 fully saturated rings. The number of anilines is 5. The predicted molar refractivity (Wildman–Crippen MR) is 152 cm³/mol. The van der Waals surface area contributed by atoms with Crippen molar-refractivity contribution in [2.45, 2.75) is 34.1 Å². The highest BCUT2D eigenvalue weighted by Crippen LogP contribution is 2.33. The number of nitrogens with one attached hydrogen (secondary N) is 2. The van der Waals surface area contributed by atoms with Crippen molar-refractivity contribution in [3.05, 3.63) is 53.7 Å². The second-order valence-corrected chi connectivity index (χ2v) is 10.1. The fourth-order valence-electron chi connectivity index (χ4n) is 3.81. The van der Waals surface area contributed by atoms with Crippen molar-refractivity contribution in [2.24, 2.45) is 0 Å². The molecule has 0 radical (unpaired) electrons. The van der Waals surface area contributed by atoms with Gasteiger partial charge in [0.2, 0.25) is 5.95 Å². The smallest absolute Gasteiger partial charge is 0.229 e. The van der Waals surface area contributed by atoms with Crippen molar-refractivity contribution in [1.82, 2.24) is 9.97 Å². The SMILES string of the molecule is C.C.C=[P+](C)c1ccccc1Nc1nc(Nc2ccc(N3CCCCC3)cc2OC)ncc1Cl. The van der Waals surface area contributed by atoms with E-state index in [1.165, 1.54) is 24.9 Å². The van der Waals surface area contributed by atoms with Gasteiger partial charge in [0.05, 0.1) is 31.0 Å². The minimum Gasteiger partial charge on any atom is -0.494 e. The fourth-order valence-corrected chi connectivity index (χ4v) is 4.83. The summed E-state index contributed by atoms with van der Waals surface area (Å²) in [6.45, 7) is 4.28. The summed E-state index contributed by atoms with van der Waals surface area (Å²) in [7, 11) is 1.16. The van der Waals surface area contributed by atoms with Crippen LogP contribution in [0.5, 0.6) is 5.75 Å². The number of halogens is 1. The zero-order valence-corrected chi connectivity index (χ0v) is 20.1. The molecule has 1 unspecified atom stereocenters. The van der Waals surface area contributed by atoms with Gasteiger partial charge in [0, 0.05) is 24.8 Å². The highest BCUT2D eigenvalue weighted by molar-refractivity contribution is 7.63. The van der Waals surface area contributed by atoms with Gasteiger partial charge in [-0.15, -0.1) is 0 Å². The molecule has 2 N–H and O–H groups in total. The Bertz CT molecular complexity index is 1120. The number of hydrogen-bond acceptors (Lipinski definition) is 6. The van der Waals surface area contributed by atoms with Crippen LogP contribution in [-0.2, 0) is 0 Å². The first kappa shape index (κ1) is 27.4. The maximum atomic E-state index is 6.39. The Kier molecular flexibility index (Phi) is 10.2. The van der Waals surface area contributed by atoms with E-state index in [1.54, 1.807) is 13.3 Å². The Morgan fingerprint density at radius 1 is 1.03 bits per heavy atom. The summed E-state index contributed by atoms with van der Waals surface area (Å²) in [5.74, 6) is 1.73. The average molecular weight is 501 g/mol. The molecular weight excluding hydrogens is 465 g/mol. The molecule has 1 atom stereocenters. The Labute approximate surface area is 210 Å². The van der Waals surface area contributed by atoms with Crippen molar-refractivity contribution in [2.75, 3.05) is 42.4 Å². The van der Waals surface area contributed by atoms with Gasteiger partial charge in [-0.1, -0.05) is 38.6 Å². The lowest BCUT2D eigenvalue weighted by Gasteiger charge is -2.29. The number of benzene rings is 2. The van der Waals surface area contributed by atoms with Crippen LogP contribution in [0.15, 0.2) is 48.7 Å². The lowest BCUT2D eigenvalue weighted by molar-refractivity contribution is 0.416. The monoisotopic (exact) mass is 500 g/mol. The van der Waals surface area contributed by atoms with Crippen LogP contribution in [0, 0.1) is 0 Å². The molecule has 1 aliphatic heterocycles. The molecule has 0 amide bonds. The third kappa shape index (κ3) is 6.40. The number of rotatable bonds is 7. The predicted octanol–water partition coefficient (Wildman–Crippen LogP) is 7.06. The average Bonchev–Trinajstić information content (AvgIpc) is 2.82. The molecule has 0 spiro atoms. The van der Waals surface area contributed by atoms with Gasteiger partial charge in [0.1, 0.15) is 25.0 Å². The number of ether oxygens (including phenoxy) is 1. The van der Waals surface area contributed by atoms with Crippen LogP contribution in [-0.4, -0.2) is 43.1 Å². The van der Waals surface area contributed by atoms with Gasteiger partial charge in [-0.2, -0.15) is 4.98 Å². The molecule has 2 heterocycles. The molecule has 0 saturated carbocycles. The molecule has 2 aromatic carbocycles. The zero-order chi connectivity index (χ0) is 22.5. The summed E-state index contributed by atoms with van der Waals surface area (Å²) < 4.78 is 5.65. The van der Waals surface area contributed by atoms with E-state index in [0.29, 0.717) is 16.8 Å². The second-order valence-electron chi connectivity index (χ2n) is 7.79. The van der Waals surface area contributed by atoms with Gasteiger partial charge in [0.25, 0.3) is 0 Å². The Morgan fingerprint density at radius 3 is 2.47 bits per heavy atom. The van der Waals surface area contributed by atoms with Gasteiger partial charge >= 0.3 is 0 Å². The van der Waals surface area contributed by atoms with E-state index >= 15 is 0 Å². The fraction of sp³-hybridized carbons (Fsp3) is 0.346. The molecule has 1 aromatic heterocycles. The lowest BCUT2D eigenvalue weighted by Crippen LogP contribution is -2.29. The van der Waals surface area contributed by atoms with E-state index in [-0.39, 0.29) is 14.9 Å². The number of methoxy groups -OCH3 is 1. The minimum absolute atomic E-state index is 0. The molecule has 34 heavy (non-hydrogen) atoms.